The Balaban J connectivity index is 2.28. The lowest BCUT2D eigenvalue weighted by molar-refractivity contribution is 0.601. The Morgan fingerprint density at radius 1 is 1.32 bits per heavy atom. The summed E-state index contributed by atoms with van der Waals surface area (Å²) in [7, 11) is -3.60. The lowest BCUT2D eigenvalue weighted by atomic mass is 10.3. The third-order valence-electron chi connectivity index (χ3n) is 2.64. The number of nitrogens with zero attached hydrogens (tertiary/aromatic N) is 1. The highest BCUT2D eigenvalue weighted by Gasteiger charge is 2.16. The fourth-order valence-electron chi connectivity index (χ4n) is 1.62. The maximum absolute atomic E-state index is 12.1. The Labute approximate surface area is 116 Å². The molecule has 19 heavy (non-hydrogen) atoms. The van der Waals surface area contributed by atoms with Gasteiger partial charge in [-0.3, -0.25) is 4.72 Å². The van der Waals surface area contributed by atoms with Crippen LogP contribution in [0.25, 0.3) is 0 Å². The van der Waals surface area contributed by atoms with Gasteiger partial charge in [-0.1, -0.05) is 6.92 Å². The fourth-order valence-corrected chi connectivity index (χ4v) is 3.76. The van der Waals surface area contributed by atoms with E-state index in [2.05, 4.69) is 9.71 Å². The topological polar surface area (TPSA) is 85.1 Å². The molecule has 7 heteroatoms. The summed E-state index contributed by atoms with van der Waals surface area (Å²) < 4.78 is 26.8. The Morgan fingerprint density at radius 2 is 1.95 bits per heavy atom. The molecule has 1 aromatic heterocycles. The summed E-state index contributed by atoms with van der Waals surface area (Å²) in [5.74, 6) is 0. The molecule has 0 radical (unpaired) electrons. The van der Waals surface area contributed by atoms with Gasteiger partial charge in [0.25, 0.3) is 10.0 Å². The van der Waals surface area contributed by atoms with Crippen LogP contribution in [0.1, 0.15) is 17.5 Å². The van der Waals surface area contributed by atoms with Crippen LogP contribution in [0.3, 0.4) is 0 Å². The standard InChI is InChI=1S/C12H15N3O2S2/c1-3-11-8(2)18-12(14-11)15-19(16,17)10-6-4-9(13)5-7-10/h4-7H,3,13H2,1-2H3,(H,14,15). The van der Waals surface area contributed by atoms with Crippen molar-refractivity contribution in [3.63, 3.8) is 0 Å². The maximum atomic E-state index is 12.1. The highest BCUT2D eigenvalue weighted by atomic mass is 32.2. The molecule has 2 aromatic rings. The zero-order chi connectivity index (χ0) is 14.0. The second-order valence-corrected chi connectivity index (χ2v) is 6.94. The smallest absolute Gasteiger partial charge is 0.263 e. The van der Waals surface area contributed by atoms with E-state index in [4.69, 9.17) is 5.73 Å². The fraction of sp³-hybridized carbons (Fsp3) is 0.250. The number of sulfonamides is 1. The molecule has 0 amide bonds. The predicted molar refractivity (Wildman–Crippen MR) is 77.9 cm³/mol. The van der Waals surface area contributed by atoms with Crippen LogP contribution < -0.4 is 10.5 Å². The summed E-state index contributed by atoms with van der Waals surface area (Å²) in [6.45, 7) is 3.91. The lowest BCUT2D eigenvalue weighted by Crippen LogP contribution is -2.12. The van der Waals surface area contributed by atoms with Gasteiger partial charge in [-0.25, -0.2) is 13.4 Å². The summed E-state index contributed by atoms with van der Waals surface area (Å²) in [6, 6.07) is 6.05. The average molecular weight is 297 g/mol. The van der Waals surface area contributed by atoms with E-state index in [0.717, 1.165) is 17.0 Å². The van der Waals surface area contributed by atoms with Crippen molar-refractivity contribution in [3.05, 3.63) is 34.8 Å². The molecule has 102 valence electrons. The van der Waals surface area contributed by atoms with E-state index in [1.165, 1.54) is 23.5 Å². The van der Waals surface area contributed by atoms with Crippen LogP contribution in [0.4, 0.5) is 10.8 Å². The SMILES string of the molecule is CCc1nc(NS(=O)(=O)c2ccc(N)cc2)sc1C. The minimum atomic E-state index is -3.60. The third kappa shape index (κ3) is 3.05. The number of nitrogens with two attached hydrogens (primary N) is 1. The molecule has 0 atom stereocenters. The molecule has 0 aliphatic heterocycles. The van der Waals surface area contributed by atoms with Gasteiger partial charge >= 0.3 is 0 Å². The minimum absolute atomic E-state index is 0.174. The van der Waals surface area contributed by atoms with Crippen LogP contribution in [0.15, 0.2) is 29.2 Å². The number of hydrogen-bond donors (Lipinski definition) is 2. The van der Waals surface area contributed by atoms with Gasteiger partial charge in [0.2, 0.25) is 0 Å². The van der Waals surface area contributed by atoms with Crippen LogP contribution in [-0.4, -0.2) is 13.4 Å². The van der Waals surface area contributed by atoms with Crippen molar-refractivity contribution in [1.82, 2.24) is 4.98 Å². The van der Waals surface area contributed by atoms with E-state index in [0.29, 0.717) is 10.8 Å². The molecule has 1 aromatic carbocycles. The summed E-state index contributed by atoms with van der Waals surface area (Å²) in [6.07, 6.45) is 0.784. The number of nitrogens with one attached hydrogen (secondary N) is 1. The van der Waals surface area contributed by atoms with Gasteiger partial charge < -0.3 is 5.73 Å². The van der Waals surface area contributed by atoms with Crippen molar-refractivity contribution in [2.24, 2.45) is 0 Å². The Hall–Kier alpha value is -1.60. The molecule has 1 heterocycles. The number of hydrogen-bond acceptors (Lipinski definition) is 5. The van der Waals surface area contributed by atoms with Crippen LogP contribution in [0, 0.1) is 6.92 Å². The lowest BCUT2D eigenvalue weighted by Gasteiger charge is -2.05. The first-order valence-corrected chi connectivity index (χ1v) is 8.07. The van der Waals surface area contributed by atoms with Gasteiger partial charge in [-0.2, -0.15) is 0 Å². The van der Waals surface area contributed by atoms with E-state index >= 15 is 0 Å². The second kappa shape index (κ2) is 5.18. The van der Waals surface area contributed by atoms with E-state index in [-0.39, 0.29) is 4.90 Å². The van der Waals surface area contributed by atoms with Gasteiger partial charge in [0.15, 0.2) is 5.13 Å². The van der Waals surface area contributed by atoms with Gasteiger partial charge in [-0.15, -0.1) is 11.3 Å². The predicted octanol–water partition coefficient (Wildman–Crippen LogP) is 2.40. The van der Waals surface area contributed by atoms with Crippen molar-refractivity contribution >= 4 is 32.2 Å². The third-order valence-corrected chi connectivity index (χ3v) is 5.05. The number of nitrogen functional groups attached to an aromatic ring is 1. The molecule has 0 aliphatic rings. The molecular formula is C12H15N3O2S2. The van der Waals surface area contributed by atoms with Crippen LogP contribution in [0.2, 0.25) is 0 Å². The highest BCUT2D eigenvalue weighted by molar-refractivity contribution is 7.93. The monoisotopic (exact) mass is 297 g/mol. The molecule has 0 saturated heterocycles. The molecular weight excluding hydrogens is 282 g/mol. The maximum Gasteiger partial charge on any atom is 0.263 e. The van der Waals surface area contributed by atoms with Crippen molar-refractivity contribution in [2.75, 3.05) is 10.5 Å². The van der Waals surface area contributed by atoms with Crippen molar-refractivity contribution in [2.45, 2.75) is 25.2 Å². The van der Waals surface area contributed by atoms with Crippen molar-refractivity contribution < 1.29 is 8.42 Å². The minimum Gasteiger partial charge on any atom is -0.399 e. The van der Waals surface area contributed by atoms with Gasteiger partial charge in [0, 0.05) is 10.6 Å². The summed E-state index contributed by atoms with van der Waals surface area (Å²) in [4.78, 5) is 5.46. The number of benzene rings is 1. The molecule has 3 N–H and O–H groups in total. The molecule has 5 nitrogen and oxygen atoms in total. The first-order valence-electron chi connectivity index (χ1n) is 5.77. The number of thiazole rings is 1. The van der Waals surface area contributed by atoms with Gasteiger partial charge in [0.1, 0.15) is 0 Å². The van der Waals surface area contributed by atoms with Crippen LogP contribution >= 0.6 is 11.3 Å². The molecule has 0 aliphatic carbocycles. The normalized spacial score (nSPS) is 11.5. The molecule has 2 rings (SSSR count). The first-order chi connectivity index (χ1) is 8.92. The van der Waals surface area contributed by atoms with E-state index < -0.39 is 10.0 Å². The number of anilines is 2. The Kier molecular flexibility index (Phi) is 3.77. The molecule has 0 bridgehead atoms. The Morgan fingerprint density at radius 3 is 2.47 bits per heavy atom. The zero-order valence-corrected chi connectivity index (χ0v) is 12.3. The summed E-state index contributed by atoms with van der Waals surface area (Å²) in [5, 5.41) is 0.395. The van der Waals surface area contributed by atoms with E-state index in [9.17, 15) is 8.42 Å². The largest absolute Gasteiger partial charge is 0.399 e. The van der Waals surface area contributed by atoms with E-state index in [1.807, 2.05) is 13.8 Å². The van der Waals surface area contributed by atoms with Crippen LogP contribution in [-0.2, 0) is 16.4 Å². The van der Waals surface area contributed by atoms with Crippen molar-refractivity contribution in [1.29, 1.82) is 0 Å². The zero-order valence-electron chi connectivity index (χ0n) is 10.7. The van der Waals surface area contributed by atoms with E-state index in [1.54, 1.807) is 12.1 Å². The molecule has 0 fully saturated rings. The number of aryl methyl sites for hydroxylation is 2. The molecule has 0 unspecified atom stereocenters. The number of aromatic nitrogens is 1. The molecule has 0 saturated carbocycles. The van der Waals surface area contributed by atoms with Gasteiger partial charge in [0.05, 0.1) is 10.6 Å². The number of rotatable bonds is 4. The van der Waals surface area contributed by atoms with Crippen molar-refractivity contribution in [3.8, 4) is 0 Å². The average Bonchev–Trinajstić information content (AvgIpc) is 2.69. The van der Waals surface area contributed by atoms with Gasteiger partial charge in [-0.05, 0) is 37.6 Å². The summed E-state index contributed by atoms with van der Waals surface area (Å²) >= 11 is 1.34. The quantitative estimate of drug-likeness (QED) is 0.849. The summed E-state index contributed by atoms with van der Waals surface area (Å²) in [5.41, 5.74) is 6.98. The second-order valence-electron chi connectivity index (χ2n) is 4.05. The Bertz CT molecular complexity index is 676. The van der Waals surface area contributed by atoms with Crippen LogP contribution in [0.5, 0.6) is 0 Å². The molecule has 0 spiro atoms. The first kappa shape index (κ1) is 13.8. The highest BCUT2D eigenvalue weighted by Crippen LogP contribution is 2.25.